The summed E-state index contributed by atoms with van der Waals surface area (Å²) in [5.41, 5.74) is 1.34. The Hall–Kier alpha value is -1.91. The second-order valence-electron chi connectivity index (χ2n) is 3.35. The van der Waals surface area contributed by atoms with E-state index in [2.05, 4.69) is 4.98 Å². The minimum atomic E-state index is -1.12. The Labute approximate surface area is 85.7 Å². The lowest BCUT2D eigenvalue weighted by Crippen LogP contribution is -2.04. The van der Waals surface area contributed by atoms with Crippen molar-refractivity contribution in [3.05, 3.63) is 22.9 Å². The summed E-state index contributed by atoms with van der Waals surface area (Å²) in [6.07, 6.45) is 0.555. The van der Waals surface area contributed by atoms with Crippen LogP contribution >= 0.6 is 0 Å². The summed E-state index contributed by atoms with van der Waals surface area (Å²) < 4.78 is 4.97. The molecule has 15 heavy (non-hydrogen) atoms. The molecule has 5 nitrogen and oxygen atoms in total. The van der Waals surface area contributed by atoms with Crippen LogP contribution in [0.1, 0.15) is 21.6 Å². The average molecular weight is 207 g/mol. The molecule has 0 bridgehead atoms. The number of pyridine rings is 1. The van der Waals surface area contributed by atoms with E-state index in [4.69, 9.17) is 9.84 Å². The van der Waals surface area contributed by atoms with Gasteiger partial charge < -0.3 is 9.84 Å². The van der Waals surface area contributed by atoms with E-state index in [-0.39, 0.29) is 30.2 Å². The summed E-state index contributed by atoms with van der Waals surface area (Å²) in [6, 6.07) is 1.44. The molecule has 0 amide bonds. The van der Waals surface area contributed by atoms with Gasteiger partial charge in [-0.25, -0.2) is 9.78 Å². The van der Waals surface area contributed by atoms with Crippen molar-refractivity contribution in [1.29, 1.82) is 0 Å². The van der Waals surface area contributed by atoms with E-state index >= 15 is 0 Å². The van der Waals surface area contributed by atoms with Gasteiger partial charge in [0.2, 0.25) is 5.88 Å². The second kappa shape index (κ2) is 3.34. The smallest absolute Gasteiger partial charge is 0.354 e. The third-order valence-corrected chi connectivity index (χ3v) is 2.35. The molecule has 0 radical (unpaired) electrons. The maximum absolute atomic E-state index is 11.2. The molecule has 0 unspecified atom stereocenters. The number of carboxylic acids is 1. The number of carbonyl (C=O) groups is 2. The number of ketones is 1. The van der Waals surface area contributed by atoms with Crippen LogP contribution in [0.3, 0.4) is 0 Å². The molecular formula is C10H9NO4. The normalized spacial score (nSPS) is 13.8. The van der Waals surface area contributed by atoms with E-state index in [1.807, 2.05) is 0 Å². The van der Waals surface area contributed by atoms with Crippen LogP contribution in [0.4, 0.5) is 0 Å². The van der Waals surface area contributed by atoms with Crippen LogP contribution in [-0.4, -0.2) is 29.0 Å². The first kappa shape index (κ1) is 9.64. The largest absolute Gasteiger partial charge is 0.481 e. The van der Waals surface area contributed by atoms with E-state index in [1.54, 1.807) is 0 Å². The van der Waals surface area contributed by atoms with Crippen LogP contribution in [0.2, 0.25) is 0 Å². The topological polar surface area (TPSA) is 76.5 Å². The number of aromatic nitrogens is 1. The summed E-state index contributed by atoms with van der Waals surface area (Å²) in [6.45, 7) is 0. The van der Waals surface area contributed by atoms with Gasteiger partial charge in [-0.1, -0.05) is 0 Å². The highest BCUT2D eigenvalue weighted by molar-refractivity contribution is 5.91. The Morgan fingerprint density at radius 2 is 2.27 bits per heavy atom. The molecular weight excluding hydrogens is 198 g/mol. The lowest BCUT2D eigenvalue weighted by atomic mass is 10.1. The van der Waals surface area contributed by atoms with E-state index in [0.717, 1.165) is 0 Å². The summed E-state index contributed by atoms with van der Waals surface area (Å²) in [7, 11) is 1.41. The number of fused-ring (bicyclic) bond motifs is 1. The van der Waals surface area contributed by atoms with Crippen LogP contribution in [0.25, 0.3) is 0 Å². The SMILES string of the molecule is COc1nc(C(=O)O)cc2c1CC(=O)C2. The van der Waals surface area contributed by atoms with Gasteiger partial charge in [0.25, 0.3) is 0 Å². The number of Topliss-reactive ketones (excluding diaryl/α,β-unsaturated/α-hetero) is 1. The number of nitrogens with zero attached hydrogens (tertiary/aromatic N) is 1. The first-order valence-corrected chi connectivity index (χ1v) is 4.43. The summed E-state index contributed by atoms with van der Waals surface area (Å²) >= 11 is 0. The third kappa shape index (κ3) is 1.56. The van der Waals surface area contributed by atoms with Gasteiger partial charge in [0.05, 0.1) is 7.11 Å². The second-order valence-corrected chi connectivity index (χ2v) is 3.35. The average Bonchev–Trinajstić information content (AvgIpc) is 2.56. The molecule has 1 heterocycles. The van der Waals surface area contributed by atoms with Crippen molar-refractivity contribution in [2.45, 2.75) is 12.8 Å². The summed E-state index contributed by atoms with van der Waals surface area (Å²) in [4.78, 5) is 25.8. The number of rotatable bonds is 2. The Kier molecular flexibility index (Phi) is 2.15. The molecule has 1 aromatic rings. The zero-order valence-corrected chi connectivity index (χ0v) is 8.11. The molecule has 5 heteroatoms. The standard InChI is InChI=1S/C10H9NO4/c1-15-9-7-4-6(12)2-5(7)3-8(11-9)10(13)14/h3H,2,4H2,1H3,(H,13,14). The molecule has 0 atom stereocenters. The van der Waals surface area contributed by atoms with Gasteiger partial charge >= 0.3 is 5.97 Å². The van der Waals surface area contributed by atoms with E-state index in [1.165, 1.54) is 13.2 Å². The van der Waals surface area contributed by atoms with E-state index in [9.17, 15) is 9.59 Å². The summed E-state index contributed by atoms with van der Waals surface area (Å²) in [5.74, 6) is -0.807. The van der Waals surface area contributed by atoms with Crippen molar-refractivity contribution >= 4 is 11.8 Å². The van der Waals surface area contributed by atoms with Gasteiger partial charge in [-0.15, -0.1) is 0 Å². The van der Waals surface area contributed by atoms with Crippen molar-refractivity contribution in [2.24, 2.45) is 0 Å². The first-order chi connectivity index (χ1) is 7.11. The number of ether oxygens (including phenoxy) is 1. The van der Waals surface area contributed by atoms with Gasteiger partial charge in [-0.3, -0.25) is 4.79 Å². The quantitative estimate of drug-likeness (QED) is 0.762. The Morgan fingerprint density at radius 3 is 2.87 bits per heavy atom. The van der Waals surface area contributed by atoms with Crippen molar-refractivity contribution in [1.82, 2.24) is 4.98 Å². The van der Waals surface area contributed by atoms with E-state index in [0.29, 0.717) is 11.1 Å². The van der Waals surface area contributed by atoms with Gasteiger partial charge in [0.1, 0.15) is 5.78 Å². The molecule has 0 aromatic carbocycles. The van der Waals surface area contributed by atoms with Gasteiger partial charge in [-0.2, -0.15) is 0 Å². The number of hydrogen-bond donors (Lipinski definition) is 1. The predicted octanol–water partition coefficient (Wildman–Crippen LogP) is 0.456. The van der Waals surface area contributed by atoms with Gasteiger partial charge in [0, 0.05) is 18.4 Å². The lowest BCUT2D eigenvalue weighted by Gasteiger charge is -2.06. The highest BCUT2D eigenvalue weighted by Crippen LogP contribution is 2.27. The van der Waals surface area contributed by atoms with Crippen molar-refractivity contribution in [3.63, 3.8) is 0 Å². The molecule has 0 spiro atoms. The fraction of sp³-hybridized carbons (Fsp3) is 0.300. The van der Waals surface area contributed by atoms with Crippen molar-refractivity contribution in [3.8, 4) is 5.88 Å². The molecule has 1 aliphatic rings. The molecule has 2 rings (SSSR count). The molecule has 1 aromatic heterocycles. The van der Waals surface area contributed by atoms with Crippen LogP contribution in [0, 0.1) is 0 Å². The maximum atomic E-state index is 11.2. The molecule has 78 valence electrons. The van der Waals surface area contributed by atoms with Crippen molar-refractivity contribution < 1.29 is 19.4 Å². The Balaban J connectivity index is 2.56. The third-order valence-electron chi connectivity index (χ3n) is 2.35. The zero-order chi connectivity index (χ0) is 11.0. The van der Waals surface area contributed by atoms with E-state index < -0.39 is 5.97 Å². The highest BCUT2D eigenvalue weighted by atomic mass is 16.5. The molecule has 0 fully saturated rings. The maximum Gasteiger partial charge on any atom is 0.354 e. The number of methoxy groups -OCH3 is 1. The van der Waals surface area contributed by atoms with Crippen molar-refractivity contribution in [2.75, 3.05) is 7.11 Å². The van der Waals surface area contributed by atoms with Crippen LogP contribution in [0.5, 0.6) is 5.88 Å². The molecule has 0 saturated heterocycles. The van der Waals surface area contributed by atoms with Crippen LogP contribution in [0.15, 0.2) is 6.07 Å². The monoisotopic (exact) mass is 207 g/mol. The minimum Gasteiger partial charge on any atom is -0.481 e. The number of carboxylic acid groups (broad SMARTS) is 1. The van der Waals surface area contributed by atoms with Gasteiger partial charge in [-0.05, 0) is 11.6 Å². The minimum absolute atomic E-state index is 0.0626. The van der Waals surface area contributed by atoms with Gasteiger partial charge in [0.15, 0.2) is 5.69 Å². The molecule has 0 saturated carbocycles. The fourth-order valence-corrected chi connectivity index (χ4v) is 1.70. The highest BCUT2D eigenvalue weighted by Gasteiger charge is 2.25. The molecule has 1 N–H and O–H groups in total. The predicted molar refractivity (Wildman–Crippen MR) is 50.2 cm³/mol. The first-order valence-electron chi connectivity index (χ1n) is 4.43. The number of hydrogen-bond acceptors (Lipinski definition) is 4. The van der Waals surface area contributed by atoms with Crippen LogP contribution < -0.4 is 4.74 Å². The Bertz CT molecular complexity index is 453. The number of aromatic carboxylic acids is 1. The zero-order valence-electron chi connectivity index (χ0n) is 8.11. The fourth-order valence-electron chi connectivity index (χ4n) is 1.70. The molecule has 0 aliphatic heterocycles. The van der Waals surface area contributed by atoms with Crippen LogP contribution in [-0.2, 0) is 17.6 Å². The summed E-state index contributed by atoms with van der Waals surface area (Å²) in [5, 5.41) is 8.80. The molecule has 1 aliphatic carbocycles. The Morgan fingerprint density at radius 1 is 1.53 bits per heavy atom. The lowest BCUT2D eigenvalue weighted by molar-refractivity contribution is -0.117. The number of carbonyl (C=O) groups excluding carboxylic acids is 1.